The first kappa shape index (κ1) is 23.5. The highest BCUT2D eigenvalue weighted by Gasteiger charge is 2.28. The van der Waals surface area contributed by atoms with Crippen molar-refractivity contribution in [2.24, 2.45) is 4.99 Å². The van der Waals surface area contributed by atoms with Crippen molar-refractivity contribution in [3.05, 3.63) is 0 Å². The number of carbonyl (C=O) groups is 1. The third-order valence-corrected chi connectivity index (χ3v) is 4.66. The van der Waals surface area contributed by atoms with Gasteiger partial charge in [0.2, 0.25) is 0 Å². The van der Waals surface area contributed by atoms with Crippen LogP contribution in [0, 0.1) is 0 Å². The van der Waals surface area contributed by atoms with Gasteiger partial charge in [0, 0.05) is 25.7 Å². The van der Waals surface area contributed by atoms with Crippen LogP contribution >= 0.6 is 0 Å². The summed E-state index contributed by atoms with van der Waals surface area (Å²) in [6.07, 6.45) is 3.48. The van der Waals surface area contributed by atoms with Gasteiger partial charge in [0.05, 0.1) is 5.54 Å². The quantitative estimate of drug-likeness (QED) is 0.486. The lowest BCUT2D eigenvalue weighted by atomic mass is 9.98. The molecule has 0 bridgehead atoms. The third kappa shape index (κ3) is 9.31. The number of rotatable bonds is 6. The van der Waals surface area contributed by atoms with Gasteiger partial charge in [0.1, 0.15) is 5.60 Å². The predicted octanol–water partition coefficient (Wildman–Crippen LogP) is 2.72. The molecular weight excluding hydrogens is 342 g/mol. The zero-order chi connectivity index (χ0) is 20.7. The van der Waals surface area contributed by atoms with Gasteiger partial charge < -0.3 is 20.7 Å². The van der Waals surface area contributed by atoms with Gasteiger partial charge in [-0.25, -0.2) is 4.79 Å². The summed E-state index contributed by atoms with van der Waals surface area (Å²) >= 11 is 0. The lowest BCUT2D eigenvalue weighted by molar-refractivity contribution is 0.0474. The molecule has 7 nitrogen and oxygen atoms in total. The Balaban J connectivity index is 2.47. The number of hydrogen-bond acceptors (Lipinski definition) is 4. The van der Waals surface area contributed by atoms with Gasteiger partial charge in [0.15, 0.2) is 5.96 Å². The molecule has 1 aliphatic heterocycles. The van der Waals surface area contributed by atoms with E-state index in [0.29, 0.717) is 6.54 Å². The van der Waals surface area contributed by atoms with E-state index in [1.165, 1.54) is 19.3 Å². The van der Waals surface area contributed by atoms with Crippen LogP contribution in [-0.4, -0.2) is 66.9 Å². The van der Waals surface area contributed by atoms with Crippen molar-refractivity contribution in [2.75, 3.05) is 33.2 Å². The van der Waals surface area contributed by atoms with Crippen molar-refractivity contribution in [2.45, 2.75) is 84.4 Å². The summed E-state index contributed by atoms with van der Waals surface area (Å²) in [5.41, 5.74) is -0.907. The second-order valence-electron chi connectivity index (χ2n) is 9.65. The van der Waals surface area contributed by atoms with E-state index >= 15 is 0 Å². The molecule has 27 heavy (non-hydrogen) atoms. The summed E-state index contributed by atoms with van der Waals surface area (Å²) in [6, 6.07) is 0. The largest absolute Gasteiger partial charge is 0.444 e. The van der Waals surface area contributed by atoms with Gasteiger partial charge in [0.25, 0.3) is 0 Å². The van der Waals surface area contributed by atoms with Gasteiger partial charge in [-0.05, 0) is 74.4 Å². The van der Waals surface area contributed by atoms with Crippen molar-refractivity contribution in [3.63, 3.8) is 0 Å². The molecule has 0 aliphatic carbocycles. The maximum Gasteiger partial charge on any atom is 0.408 e. The number of nitrogens with zero attached hydrogens (tertiary/aromatic N) is 2. The van der Waals surface area contributed by atoms with Crippen molar-refractivity contribution >= 4 is 12.1 Å². The number of hydrogen-bond donors (Lipinski definition) is 3. The number of amides is 1. The summed E-state index contributed by atoms with van der Waals surface area (Å²) in [5.74, 6) is 0.735. The molecule has 0 radical (unpaired) electrons. The van der Waals surface area contributed by atoms with E-state index in [1.807, 2.05) is 34.6 Å². The highest BCUT2D eigenvalue weighted by molar-refractivity contribution is 5.80. The first-order valence-corrected chi connectivity index (χ1v) is 10.1. The summed E-state index contributed by atoms with van der Waals surface area (Å²) in [6.45, 7) is 17.7. The molecule has 0 unspecified atom stereocenters. The summed E-state index contributed by atoms with van der Waals surface area (Å²) < 4.78 is 5.34. The fourth-order valence-corrected chi connectivity index (χ4v) is 3.06. The molecule has 158 valence electrons. The van der Waals surface area contributed by atoms with E-state index in [1.54, 1.807) is 7.05 Å². The standard InChI is InChI=1S/C20H41N5O2/c1-18(2,3)27-17(26)24-19(4,5)14-22-16(21-8)23-15-20(6,7)25-12-10-9-11-13-25/h9-15H2,1-8H3,(H,24,26)(H2,21,22,23). The van der Waals surface area contributed by atoms with E-state index in [4.69, 9.17) is 4.74 Å². The zero-order valence-electron chi connectivity index (χ0n) is 18.7. The van der Waals surface area contributed by atoms with Crippen LogP contribution < -0.4 is 16.0 Å². The number of alkyl carbamates (subject to hydrolysis) is 1. The normalized spacial score (nSPS) is 17.4. The van der Waals surface area contributed by atoms with Crippen LogP contribution in [0.1, 0.15) is 67.7 Å². The van der Waals surface area contributed by atoms with E-state index in [2.05, 4.69) is 39.7 Å². The Bertz CT molecular complexity index is 503. The fraction of sp³-hybridized carbons (Fsp3) is 0.900. The first-order chi connectivity index (χ1) is 12.3. The number of piperidine rings is 1. The lowest BCUT2D eigenvalue weighted by Gasteiger charge is -2.41. The maximum absolute atomic E-state index is 12.0. The Morgan fingerprint density at radius 3 is 2.04 bits per heavy atom. The van der Waals surface area contributed by atoms with Crippen molar-refractivity contribution in [1.29, 1.82) is 0 Å². The first-order valence-electron chi connectivity index (χ1n) is 10.1. The monoisotopic (exact) mass is 383 g/mol. The third-order valence-electron chi connectivity index (χ3n) is 4.66. The van der Waals surface area contributed by atoms with Gasteiger partial charge in [-0.2, -0.15) is 0 Å². The second kappa shape index (κ2) is 9.62. The van der Waals surface area contributed by atoms with Crippen LogP contribution in [0.15, 0.2) is 4.99 Å². The summed E-state index contributed by atoms with van der Waals surface area (Å²) in [7, 11) is 1.76. The van der Waals surface area contributed by atoms with Crippen molar-refractivity contribution in [1.82, 2.24) is 20.9 Å². The molecule has 1 rings (SSSR count). The molecule has 1 fully saturated rings. The van der Waals surface area contributed by atoms with Gasteiger partial charge in [-0.1, -0.05) is 6.42 Å². The number of nitrogens with one attached hydrogen (secondary N) is 3. The average Bonchev–Trinajstić information content (AvgIpc) is 2.53. The minimum atomic E-state index is -0.509. The SMILES string of the molecule is CN=C(NCC(C)(C)NC(=O)OC(C)(C)C)NCC(C)(C)N1CCCCC1. The molecule has 0 atom stereocenters. The molecule has 1 aliphatic rings. The zero-order valence-corrected chi connectivity index (χ0v) is 18.7. The van der Waals surface area contributed by atoms with Crippen LogP contribution in [-0.2, 0) is 4.74 Å². The molecule has 1 saturated heterocycles. The van der Waals surface area contributed by atoms with Gasteiger partial charge >= 0.3 is 6.09 Å². The van der Waals surface area contributed by atoms with E-state index in [0.717, 1.165) is 25.6 Å². The van der Waals surface area contributed by atoms with Crippen molar-refractivity contribution < 1.29 is 9.53 Å². The molecule has 1 amide bonds. The van der Waals surface area contributed by atoms with Crippen LogP contribution in [0.25, 0.3) is 0 Å². The van der Waals surface area contributed by atoms with E-state index in [-0.39, 0.29) is 5.54 Å². The molecule has 0 aromatic carbocycles. The second-order valence-corrected chi connectivity index (χ2v) is 9.65. The Morgan fingerprint density at radius 2 is 1.52 bits per heavy atom. The van der Waals surface area contributed by atoms with Gasteiger partial charge in [-0.3, -0.25) is 9.89 Å². The molecule has 0 aromatic heterocycles. The average molecular weight is 384 g/mol. The molecule has 7 heteroatoms. The van der Waals surface area contributed by atoms with Crippen molar-refractivity contribution in [3.8, 4) is 0 Å². The molecule has 0 spiro atoms. The molecule has 0 saturated carbocycles. The highest BCUT2D eigenvalue weighted by atomic mass is 16.6. The molecule has 0 aromatic rings. The summed E-state index contributed by atoms with van der Waals surface area (Å²) in [5, 5.41) is 9.63. The lowest BCUT2D eigenvalue weighted by Crippen LogP contribution is -2.57. The minimum absolute atomic E-state index is 0.0717. The minimum Gasteiger partial charge on any atom is -0.444 e. The van der Waals surface area contributed by atoms with E-state index < -0.39 is 17.2 Å². The number of ether oxygens (including phenoxy) is 1. The Kier molecular flexibility index (Phi) is 8.39. The highest BCUT2D eigenvalue weighted by Crippen LogP contribution is 2.19. The Morgan fingerprint density at radius 1 is 0.963 bits per heavy atom. The van der Waals surface area contributed by atoms with E-state index in [9.17, 15) is 4.79 Å². The number of carbonyl (C=O) groups excluding carboxylic acids is 1. The number of likely N-dealkylation sites (tertiary alicyclic amines) is 1. The fourth-order valence-electron chi connectivity index (χ4n) is 3.06. The maximum atomic E-state index is 12.0. The van der Waals surface area contributed by atoms with Crippen LogP contribution in [0.5, 0.6) is 0 Å². The summed E-state index contributed by atoms with van der Waals surface area (Å²) in [4.78, 5) is 18.9. The number of guanidine groups is 1. The number of aliphatic imine (C=N–C) groups is 1. The van der Waals surface area contributed by atoms with Crippen LogP contribution in [0.2, 0.25) is 0 Å². The van der Waals surface area contributed by atoms with Crippen LogP contribution in [0.4, 0.5) is 4.79 Å². The molecule has 1 heterocycles. The Hall–Kier alpha value is -1.50. The molecule has 3 N–H and O–H groups in total. The predicted molar refractivity (Wildman–Crippen MR) is 112 cm³/mol. The smallest absolute Gasteiger partial charge is 0.408 e. The topological polar surface area (TPSA) is 78.0 Å². The molecular formula is C20H41N5O2. The Labute approximate surface area is 165 Å². The van der Waals surface area contributed by atoms with Gasteiger partial charge in [-0.15, -0.1) is 0 Å². The van der Waals surface area contributed by atoms with Crippen LogP contribution in [0.3, 0.4) is 0 Å².